The van der Waals surface area contributed by atoms with Crippen molar-refractivity contribution >= 4 is 11.8 Å². The van der Waals surface area contributed by atoms with Gasteiger partial charge >= 0.3 is 6.03 Å². The zero-order valence-electron chi connectivity index (χ0n) is 15.1. The summed E-state index contributed by atoms with van der Waals surface area (Å²) in [6, 6.07) is 1.73. The highest BCUT2D eigenvalue weighted by atomic mass is 16.2. The van der Waals surface area contributed by atoms with E-state index in [0.29, 0.717) is 12.5 Å². The predicted octanol–water partition coefficient (Wildman–Crippen LogP) is 2.76. The number of carbonyl (C=O) groups is 1. The second kappa shape index (κ2) is 8.52. The summed E-state index contributed by atoms with van der Waals surface area (Å²) in [5, 5.41) is 11.4. The van der Waals surface area contributed by atoms with Gasteiger partial charge in [0.1, 0.15) is 5.82 Å². The Morgan fingerprint density at radius 2 is 2.17 bits per heavy atom. The summed E-state index contributed by atoms with van der Waals surface area (Å²) in [5.74, 6) is 1.35. The van der Waals surface area contributed by atoms with Gasteiger partial charge in [-0.15, -0.1) is 0 Å². The summed E-state index contributed by atoms with van der Waals surface area (Å²) in [5.41, 5.74) is 1.19. The Morgan fingerprint density at radius 1 is 1.38 bits per heavy atom. The van der Waals surface area contributed by atoms with Crippen molar-refractivity contribution in [1.29, 1.82) is 0 Å². The van der Waals surface area contributed by atoms with Gasteiger partial charge in [-0.25, -0.2) is 9.48 Å². The molecule has 0 aliphatic heterocycles. The van der Waals surface area contributed by atoms with Gasteiger partial charge in [-0.2, -0.15) is 10.2 Å². The van der Waals surface area contributed by atoms with Crippen LogP contribution in [0.25, 0.3) is 0 Å². The van der Waals surface area contributed by atoms with Crippen LogP contribution in [0, 0.1) is 5.92 Å². The van der Waals surface area contributed by atoms with Crippen LogP contribution in [0.15, 0.2) is 24.7 Å². The Labute approximate surface area is 143 Å². The van der Waals surface area contributed by atoms with Crippen molar-refractivity contribution in [3.63, 3.8) is 0 Å². The Balaban J connectivity index is 1.78. The van der Waals surface area contributed by atoms with E-state index in [9.17, 15) is 4.79 Å². The number of nitrogens with zero attached hydrogens (tertiary/aromatic N) is 5. The molecule has 132 valence electrons. The number of amides is 2. The van der Waals surface area contributed by atoms with Gasteiger partial charge in [0.25, 0.3) is 0 Å². The monoisotopic (exact) mass is 332 g/mol. The second-order valence-electron chi connectivity index (χ2n) is 6.60. The number of urea groups is 1. The number of aryl methyl sites for hydroxylation is 3. The molecule has 2 heterocycles. The SMILES string of the molecule is CC(C)CCn1nccc1NC(=O)N(C)CCCc1cnn(C)c1. The first-order valence-corrected chi connectivity index (χ1v) is 8.47. The van der Waals surface area contributed by atoms with E-state index in [-0.39, 0.29) is 6.03 Å². The van der Waals surface area contributed by atoms with E-state index in [1.165, 1.54) is 5.56 Å². The molecular formula is C17H28N6O. The molecule has 2 amide bonds. The second-order valence-corrected chi connectivity index (χ2v) is 6.60. The van der Waals surface area contributed by atoms with Crippen LogP contribution in [0.5, 0.6) is 0 Å². The molecule has 7 heteroatoms. The van der Waals surface area contributed by atoms with Crippen molar-refractivity contribution in [2.24, 2.45) is 13.0 Å². The van der Waals surface area contributed by atoms with Gasteiger partial charge in [-0.05, 0) is 30.7 Å². The molecule has 0 spiro atoms. The first kappa shape index (κ1) is 18.0. The van der Waals surface area contributed by atoms with E-state index in [1.807, 2.05) is 37.2 Å². The van der Waals surface area contributed by atoms with Gasteiger partial charge in [-0.1, -0.05) is 13.8 Å². The van der Waals surface area contributed by atoms with Gasteiger partial charge in [0.15, 0.2) is 0 Å². The first-order valence-electron chi connectivity index (χ1n) is 8.47. The molecular weight excluding hydrogens is 304 g/mol. The highest BCUT2D eigenvalue weighted by Gasteiger charge is 2.12. The number of anilines is 1. The number of aromatic nitrogens is 4. The minimum absolute atomic E-state index is 0.104. The van der Waals surface area contributed by atoms with Crippen LogP contribution >= 0.6 is 0 Å². The van der Waals surface area contributed by atoms with Crippen LogP contribution in [0.4, 0.5) is 10.6 Å². The lowest BCUT2D eigenvalue weighted by Gasteiger charge is -2.18. The van der Waals surface area contributed by atoms with Crippen LogP contribution < -0.4 is 5.32 Å². The highest BCUT2D eigenvalue weighted by Crippen LogP contribution is 2.11. The van der Waals surface area contributed by atoms with Gasteiger partial charge in [0, 0.05) is 39.4 Å². The lowest BCUT2D eigenvalue weighted by atomic mass is 10.1. The van der Waals surface area contributed by atoms with Crippen molar-refractivity contribution < 1.29 is 4.79 Å². The average Bonchev–Trinajstić information content (AvgIpc) is 3.14. The average molecular weight is 332 g/mol. The van der Waals surface area contributed by atoms with Crippen LogP contribution in [0.2, 0.25) is 0 Å². The summed E-state index contributed by atoms with van der Waals surface area (Å²) in [6.45, 7) is 5.86. The molecule has 0 aromatic carbocycles. The van der Waals surface area contributed by atoms with Crippen LogP contribution in [0.1, 0.15) is 32.3 Å². The van der Waals surface area contributed by atoms with Crippen LogP contribution in [-0.2, 0) is 20.0 Å². The zero-order valence-corrected chi connectivity index (χ0v) is 15.1. The molecule has 2 rings (SSSR count). The number of nitrogens with one attached hydrogen (secondary N) is 1. The summed E-state index contributed by atoms with van der Waals surface area (Å²) < 4.78 is 3.64. The fourth-order valence-electron chi connectivity index (χ4n) is 2.43. The molecule has 24 heavy (non-hydrogen) atoms. The minimum Gasteiger partial charge on any atom is -0.328 e. The molecule has 2 aromatic rings. The third kappa shape index (κ3) is 5.40. The minimum atomic E-state index is -0.104. The van der Waals surface area contributed by atoms with Crippen molar-refractivity contribution in [3.8, 4) is 0 Å². The molecule has 0 aliphatic rings. The third-order valence-electron chi connectivity index (χ3n) is 3.93. The summed E-state index contributed by atoms with van der Waals surface area (Å²) in [7, 11) is 3.72. The Kier molecular flexibility index (Phi) is 6.40. The summed E-state index contributed by atoms with van der Waals surface area (Å²) in [4.78, 5) is 14.0. The number of rotatable bonds is 8. The molecule has 0 saturated carbocycles. The van der Waals surface area contributed by atoms with Crippen molar-refractivity contribution in [2.45, 2.75) is 39.7 Å². The Morgan fingerprint density at radius 3 is 2.83 bits per heavy atom. The molecule has 0 atom stereocenters. The van der Waals surface area contributed by atoms with E-state index in [0.717, 1.165) is 31.6 Å². The maximum absolute atomic E-state index is 12.3. The van der Waals surface area contributed by atoms with Crippen molar-refractivity contribution in [3.05, 3.63) is 30.2 Å². The molecule has 0 aliphatic carbocycles. The quantitative estimate of drug-likeness (QED) is 0.808. The topological polar surface area (TPSA) is 68.0 Å². The zero-order chi connectivity index (χ0) is 17.5. The van der Waals surface area contributed by atoms with Gasteiger partial charge in [0.05, 0.1) is 12.4 Å². The van der Waals surface area contributed by atoms with Gasteiger partial charge in [0.2, 0.25) is 0 Å². The lowest BCUT2D eigenvalue weighted by molar-refractivity contribution is 0.221. The highest BCUT2D eigenvalue weighted by molar-refractivity contribution is 5.88. The van der Waals surface area contributed by atoms with Crippen LogP contribution in [0.3, 0.4) is 0 Å². The number of hydrogen-bond acceptors (Lipinski definition) is 3. The fourth-order valence-corrected chi connectivity index (χ4v) is 2.43. The molecule has 0 fully saturated rings. The number of hydrogen-bond donors (Lipinski definition) is 1. The molecule has 0 saturated heterocycles. The van der Waals surface area contributed by atoms with E-state index < -0.39 is 0 Å². The van der Waals surface area contributed by atoms with E-state index >= 15 is 0 Å². The Bertz CT molecular complexity index is 645. The molecule has 0 radical (unpaired) electrons. The Hall–Kier alpha value is -2.31. The molecule has 7 nitrogen and oxygen atoms in total. The third-order valence-corrected chi connectivity index (χ3v) is 3.93. The maximum atomic E-state index is 12.3. The van der Waals surface area contributed by atoms with E-state index in [2.05, 4.69) is 29.4 Å². The molecule has 1 N–H and O–H groups in total. The van der Waals surface area contributed by atoms with Gasteiger partial charge in [-0.3, -0.25) is 10.00 Å². The molecule has 0 unspecified atom stereocenters. The van der Waals surface area contributed by atoms with E-state index in [1.54, 1.807) is 15.8 Å². The van der Waals surface area contributed by atoms with Crippen LogP contribution in [-0.4, -0.2) is 44.1 Å². The molecule has 0 bridgehead atoms. The van der Waals surface area contributed by atoms with Crippen molar-refractivity contribution in [2.75, 3.05) is 18.9 Å². The largest absolute Gasteiger partial charge is 0.328 e. The van der Waals surface area contributed by atoms with Crippen molar-refractivity contribution in [1.82, 2.24) is 24.5 Å². The summed E-state index contributed by atoms with van der Waals surface area (Å²) in [6.07, 6.45) is 8.45. The lowest BCUT2D eigenvalue weighted by Crippen LogP contribution is -2.33. The smallest absolute Gasteiger partial charge is 0.322 e. The normalized spacial score (nSPS) is 11.0. The standard InChI is InChI=1S/C17H28N6O/c1-14(2)8-11-23-16(7-9-18-23)20-17(24)21(3)10-5-6-15-12-19-22(4)13-15/h7,9,12-14H,5-6,8,10-11H2,1-4H3,(H,20,24). The fraction of sp³-hybridized carbons (Fsp3) is 0.588. The molecule has 2 aromatic heterocycles. The van der Waals surface area contributed by atoms with Gasteiger partial charge < -0.3 is 4.90 Å². The number of carbonyl (C=O) groups excluding carboxylic acids is 1. The first-order chi connectivity index (χ1) is 11.5. The maximum Gasteiger partial charge on any atom is 0.322 e. The summed E-state index contributed by atoms with van der Waals surface area (Å²) >= 11 is 0. The predicted molar refractivity (Wildman–Crippen MR) is 94.9 cm³/mol. The van der Waals surface area contributed by atoms with E-state index in [4.69, 9.17) is 0 Å².